The Labute approximate surface area is 110 Å². The van der Waals surface area contributed by atoms with Crippen LogP contribution in [-0.2, 0) is 0 Å². The van der Waals surface area contributed by atoms with Gasteiger partial charge in [0.05, 0.1) is 4.88 Å². The molecule has 0 aromatic carbocycles. The Morgan fingerprint density at radius 1 is 1.44 bits per heavy atom. The second-order valence-electron chi connectivity index (χ2n) is 4.70. The van der Waals surface area contributed by atoms with Gasteiger partial charge in [-0.1, -0.05) is 0 Å². The first-order chi connectivity index (χ1) is 8.72. The number of hydrogen-bond acceptors (Lipinski definition) is 5. The highest BCUT2D eigenvalue weighted by Crippen LogP contribution is 2.25. The van der Waals surface area contributed by atoms with E-state index >= 15 is 0 Å². The number of H-pyrrole nitrogens is 1. The fourth-order valence-electron chi connectivity index (χ4n) is 2.18. The summed E-state index contributed by atoms with van der Waals surface area (Å²) in [6.07, 6.45) is 0. The molecule has 2 N–H and O–H groups in total. The van der Waals surface area contributed by atoms with E-state index in [0.29, 0.717) is 6.04 Å². The van der Waals surface area contributed by atoms with Crippen molar-refractivity contribution in [3.8, 4) is 10.7 Å². The Hall–Kier alpha value is -1.40. The van der Waals surface area contributed by atoms with E-state index in [1.165, 1.54) is 4.88 Å². The van der Waals surface area contributed by atoms with E-state index in [-0.39, 0.29) is 0 Å². The van der Waals surface area contributed by atoms with Crippen LogP contribution in [0.4, 0.5) is 5.95 Å². The van der Waals surface area contributed by atoms with Gasteiger partial charge in [0.2, 0.25) is 5.95 Å². The third kappa shape index (κ3) is 2.26. The number of nitrogens with zero attached hydrogens (tertiary/aromatic N) is 3. The molecule has 1 aliphatic rings. The maximum Gasteiger partial charge on any atom is 0.245 e. The van der Waals surface area contributed by atoms with Crippen LogP contribution < -0.4 is 10.2 Å². The summed E-state index contributed by atoms with van der Waals surface area (Å²) in [6.45, 7) is 7.20. The minimum absolute atomic E-state index is 0.490. The first-order valence-corrected chi connectivity index (χ1v) is 7.01. The zero-order valence-electron chi connectivity index (χ0n) is 10.6. The van der Waals surface area contributed by atoms with E-state index in [1.807, 2.05) is 0 Å². The Kier molecular flexibility index (Phi) is 3.05. The maximum absolute atomic E-state index is 4.59. The SMILES string of the molecule is Cc1ccc(-c2nc(N3CCNC(C)C3)n[nH]2)s1. The van der Waals surface area contributed by atoms with Gasteiger partial charge in [-0.2, -0.15) is 4.98 Å². The smallest absolute Gasteiger partial charge is 0.245 e. The van der Waals surface area contributed by atoms with E-state index in [1.54, 1.807) is 11.3 Å². The van der Waals surface area contributed by atoms with Crippen LogP contribution in [0.2, 0.25) is 0 Å². The van der Waals surface area contributed by atoms with Crippen molar-refractivity contribution in [2.24, 2.45) is 0 Å². The molecule has 1 saturated heterocycles. The zero-order valence-corrected chi connectivity index (χ0v) is 11.4. The summed E-state index contributed by atoms with van der Waals surface area (Å²) in [5.41, 5.74) is 0. The molecule has 18 heavy (non-hydrogen) atoms. The van der Waals surface area contributed by atoms with Crippen molar-refractivity contribution in [2.45, 2.75) is 19.9 Å². The van der Waals surface area contributed by atoms with Crippen molar-refractivity contribution >= 4 is 17.3 Å². The van der Waals surface area contributed by atoms with Crippen molar-refractivity contribution in [3.05, 3.63) is 17.0 Å². The zero-order chi connectivity index (χ0) is 12.5. The molecule has 2 aromatic heterocycles. The third-order valence-corrected chi connectivity index (χ3v) is 4.11. The van der Waals surface area contributed by atoms with Gasteiger partial charge >= 0.3 is 0 Å². The predicted octanol–water partition coefficient (Wildman–Crippen LogP) is 1.64. The van der Waals surface area contributed by atoms with E-state index in [0.717, 1.165) is 36.3 Å². The quantitative estimate of drug-likeness (QED) is 0.865. The molecule has 3 heterocycles. The Morgan fingerprint density at radius 3 is 3.06 bits per heavy atom. The van der Waals surface area contributed by atoms with Gasteiger partial charge in [-0.25, -0.2) is 0 Å². The van der Waals surface area contributed by atoms with Gasteiger partial charge in [-0.3, -0.25) is 5.10 Å². The van der Waals surface area contributed by atoms with Gasteiger partial charge in [-0.05, 0) is 26.0 Å². The van der Waals surface area contributed by atoms with E-state index in [9.17, 15) is 0 Å². The van der Waals surface area contributed by atoms with Crippen LogP contribution in [0.3, 0.4) is 0 Å². The van der Waals surface area contributed by atoms with Crippen LogP contribution in [0.1, 0.15) is 11.8 Å². The van der Waals surface area contributed by atoms with Crippen molar-refractivity contribution in [1.29, 1.82) is 0 Å². The Morgan fingerprint density at radius 2 is 2.33 bits per heavy atom. The lowest BCUT2D eigenvalue weighted by atomic mass is 10.2. The summed E-state index contributed by atoms with van der Waals surface area (Å²) in [7, 11) is 0. The molecule has 0 spiro atoms. The summed E-state index contributed by atoms with van der Waals surface area (Å²) in [4.78, 5) is 9.26. The molecular weight excluding hydrogens is 246 g/mol. The van der Waals surface area contributed by atoms with Crippen LogP contribution >= 0.6 is 11.3 Å². The number of aromatic nitrogens is 3. The summed E-state index contributed by atoms with van der Waals surface area (Å²) < 4.78 is 0. The van der Waals surface area contributed by atoms with Crippen LogP contribution in [0.15, 0.2) is 12.1 Å². The number of aryl methyl sites for hydroxylation is 1. The first kappa shape index (κ1) is 11.7. The maximum atomic E-state index is 4.59. The predicted molar refractivity (Wildman–Crippen MR) is 74.1 cm³/mol. The molecular formula is C12H17N5S. The van der Waals surface area contributed by atoms with Gasteiger partial charge in [0.15, 0.2) is 5.82 Å². The molecule has 3 rings (SSSR count). The molecule has 6 heteroatoms. The van der Waals surface area contributed by atoms with Crippen LogP contribution in [0, 0.1) is 6.92 Å². The number of aromatic amines is 1. The molecule has 2 aromatic rings. The topological polar surface area (TPSA) is 56.8 Å². The van der Waals surface area contributed by atoms with Crippen molar-refractivity contribution in [1.82, 2.24) is 20.5 Å². The lowest BCUT2D eigenvalue weighted by molar-refractivity contribution is 0.480. The van der Waals surface area contributed by atoms with Crippen molar-refractivity contribution < 1.29 is 0 Å². The summed E-state index contributed by atoms with van der Waals surface area (Å²) in [5, 5.41) is 10.8. The third-order valence-electron chi connectivity index (χ3n) is 3.10. The number of hydrogen-bond donors (Lipinski definition) is 2. The fourth-order valence-corrected chi connectivity index (χ4v) is 2.99. The number of rotatable bonds is 2. The number of piperazine rings is 1. The molecule has 5 nitrogen and oxygen atoms in total. The highest BCUT2D eigenvalue weighted by Gasteiger charge is 2.19. The van der Waals surface area contributed by atoms with E-state index in [2.05, 4.69) is 51.4 Å². The molecule has 0 saturated carbocycles. The standard InChI is InChI=1S/C12H17N5S/c1-8-7-17(6-5-13-8)12-14-11(15-16-12)10-4-3-9(2)18-10/h3-4,8,13H,5-7H2,1-2H3,(H,14,15,16). The Bertz CT molecular complexity index is 532. The monoisotopic (exact) mass is 263 g/mol. The minimum Gasteiger partial charge on any atom is -0.337 e. The molecule has 0 amide bonds. The van der Waals surface area contributed by atoms with Crippen LogP contribution in [-0.4, -0.2) is 40.9 Å². The molecule has 1 unspecified atom stereocenters. The van der Waals surface area contributed by atoms with Gasteiger partial charge in [0.25, 0.3) is 0 Å². The summed E-state index contributed by atoms with van der Waals surface area (Å²) in [6, 6.07) is 4.68. The van der Waals surface area contributed by atoms with Crippen LogP contribution in [0.5, 0.6) is 0 Å². The first-order valence-electron chi connectivity index (χ1n) is 6.20. The average molecular weight is 263 g/mol. The largest absolute Gasteiger partial charge is 0.337 e. The Balaban J connectivity index is 1.80. The molecule has 0 bridgehead atoms. The van der Waals surface area contributed by atoms with E-state index < -0.39 is 0 Å². The van der Waals surface area contributed by atoms with Crippen molar-refractivity contribution in [3.63, 3.8) is 0 Å². The lowest BCUT2D eigenvalue weighted by Gasteiger charge is -2.30. The highest BCUT2D eigenvalue weighted by atomic mass is 32.1. The van der Waals surface area contributed by atoms with Crippen LogP contribution in [0.25, 0.3) is 10.7 Å². The molecule has 1 atom stereocenters. The fraction of sp³-hybridized carbons (Fsp3) is 0.500. The molecule has 96 valence electrons. The number of thiophene rings is 1. The average Bonchev–Trinajstić information content (AvgIpc) is 2.97. The second-order valence-corrected chi connectivity index (χ2v) is 5.98. The number of anilines is 1. The summed E-state index contributed by atoms with van der Waals surface area (Å²) >= 11 is 1.74. The normalized spacial score (nSPS) is 20.3. The lowest BCUT2D eigenvalue weighted by Crippen LogP contribution is -2.49. The summed E-state index contributed by atoms with van der Waals surface area (Å²) in [5.74, 6) is 1.68. The molecule has 1 fully saturated rings. The minimum atomic E-state index is 0.490. The molecule has 0 radical (unpaired) electrons. The van der Waals surface area contributed by atoms with Gasteiger partial charge in [-0.15, -0.1) is 16.4 Å². The molecule has 1 aliphatic heterocycles. The highest BCUT2D eigenvalue weighted by molar-refractivity contribution is 7.15. The van der Waals surface area contributed by atoms with Gasteiger partial charge < -0.3 is 10.2 Å². The van der Waals surface area contributed by atoms with Crippen molar-refractivity contribution in [2.75, 3.05) is 24.5 Å². The molecule has 0 aliphatic carbocycles. The van der Waals surface area contributed by atoms with Gasteiger partial charge in [0.1, 0.15) is 0 Å². The number of nitrogens with one attached hydrogen (secondary N) is 2. The van der Waals surface area contributed by atoms with Gasteiger partial charge in [0, 0.05) is 30.6 Å². The second kappa shape index (κ2) is 4.70. The van der Waals surface area contributed by atoms with E-state index in [4.69, 9.17) is 0 Å².